The van der Waals surface area contributed by atoms with Crippen molar-refractivity contribution in [3.63, 3.8) is 0 Å². The number of hydrogen-bond acceptors (Lipinski definition) is 4. The van der Waals surface area contributed by atoms with Gasteiger partial charge in [-0.05, 0) is 29.8 Å². The summed E-state index contributed by atoms with van der Waals surface area (Å²) in [5.74, 6) is -0.0640. The summed E-state index contributed by atoms with van der Waals surface area (Å²) in [5, 5.41) is 2.73. The van der Waals surface area contributed by atoms with E-state index in [0.717, 1.165) is 0 Å². The lowest BCUT2D eigenvalue weighted by atomic mass is 10.0. The topological polar surface area (TPSA) is 67.9 Å². The van der Waals surface area contributed by atoms with Gasteiger partial charge in [0.25, 0.3) is 5.91 Å². The third-order valence-electron chi connectivity index (χ3n) is 4.14. The molecular weight excluding hydrogens is 339 g/mol. The number of benzene rings is 2. The van der Waals surface area contributed by atoms with Crippen LogP contribution < -0.4 is 14.8 Å². The van der Waals surface area contributed by atoms with Gasteiger partial charge in [-0.25, -0.2) is 4.39 Å². The highest BCUT2D eigenvalue weighted by molar-refractivity contribution is 5.90. The zero-order valence-electron chi connectivity index (χ0n) is 14.3. The summed E-state index contributed by atoms with van der Waals surface area (Å²) in [7, 11) is 1.52. The van der Waals surface area contributed by atoms with Gasteiger partial charge in [0.15, 0.2) is 18.1 Å². The van der Waals surface area contributed by atoms with Crippen molar-refractivity contribution in [2.45, 2.75) is 6.04 Å². The van der Waals surface area contributed by atoms with Crippen molar-refractivity contribution < 1.29 is 23.5 Å². The third kappa shape index (κ3) is 3.77. The van der Waals surface area contributed by atoms with Crippen LogP contribution in [-0.2, 0) is 9.59 Å². The highest BCUT2D eigenvalue weighted by Crippen LogP contribution is 2.27. The lowest BCUT2D eigenvalue weighted by Gasteiger charge is -2.35. The van der Waals surface area contributed by atoms with Crippen LogP contribution in [0.4, 0.5) is 4.39 Å². The number of methoxy groups -OCH3 is 1. The lowest BCUT2D eigenvalue weighted by molar-refractivity contribution is -0.145. The maximum Gasteiger partial charge on any atom is 0.261 e. The number of piperazine rings is 1. The Bertz CT molecular complexity index is 794. The number of carbonyl (C=O) groups excluding carboxylic acids is 2. The van der Waals surface area contributed by atoms with Crippen LogP contribution in [0.2, 0.25) is 0 Å². The van der Waals surface area contributed by atoms with Gasteiger partial charge in [-0.2, -0.15) is 0 Å². The maximum atomic E-state index is 13.2. The highest BCUT2D eigenvalue weighted by Gasteiger charge is 2.34. The van der Waals surface area contributed by atoms with Crippen molar-refractivity contribution in [3.8, 4) is 11.5 Å². The second-order valence-electron chi connectivity index (χ2n) is 5.77. The van der Waals surface area contributed by atoms with Crippen LogP contribution in [0.25, 0.3) is 0 Å². The number of halogens is 1. The molecule has 0 spiro atoms. The second kappa shape index (κ2) is 7.86. The van der Waals surface area contributed by atoms with Crippen molar-refractivity contribution in [2.24, 2.45) is 0 Å². The molecule has 0 aliphatic carbocycles. The molecule has 0 saturated carbocycles. The second-order valence-corrected chi connectivity index (χ2v) is 5.77. The van der Waals surface area contributed by atoms with E-state index in [1.165, 1.54) is 36.3 Å². The summed E-state index contributed by atoms with van der Waals surface area (Å²) in [6.45, 7) is 0.476. The van der Waals surface area contributed by atoms with Gasteiger partial charge in [0.2, 0.25) is 5.91 Å². The molecule has 1 atom stereocenters. The van der Waals surface area contributed by atoms with Gasteiger partial charge in [-0.3, -0.25) is 9.59 Å². The van der Waals surface area contributed by atoms with Crippen molar-refractivity contribution >= 4 is 11.8 Å². The number of rotatable bonds is 5. The van der Waals surface area contributed by atoms with Crippen LogP contribution in [0.15, 0.2) is 48.5 Å². The Morgan fingerprint density at radius 1 is 1.19 bits per heavy atom. The minimum atomic E-state index is -0.807. The molecule has 7 heteroatoms. The Labute approximate surface area is 150 Å². The van der Waals surface area contributed by atoms with Crippen molar-refractivity contribution in [2.75, 3.05) is 26.8 Å². The number of para-hydroxylation sites is 2. The monoisotopic (exact) mass is 358 g/mol. The van der Waals surface area contributed by atoms with Gasteiger partial charge in [0.05, 0.1) is 7.11 Å². The van der Waals surface area contributed by atoms with E-state index >= 15 is 0 Å². The first-order valence-corrected chi connectivity index (χ1v) is 8.18. The van der Waals surface area contributed by atoms with E-state index in [1.807, 2.05) is 0 Å². The van der Waals surface area contributed by atoms with Gasteiger partial charge in [0.1, 0.15) is 11.9 Å². The van der Waals surface area contributed by atoms with E-state index in [1.54, 1.807) is 24.3 Å². The van der Waals surface area contributed by atoms with Crippen LogP contribution in [0.5, 0.6) is 11.5 Å². The zero-order valence-corrected chi connectivity index (χ0v) is 14.3. The molecule has 0 aromatic heterocycles. The molecule has 1 N–H and O–H groups in total. The number of nitrogens with one attached hydrogen (secondary N) is 1. The molecule has 1 unspecified atom stereocenters. The largest absolute Gasteiger partial charge is 0.493 e. The van der Waals surface area contributed by atoms with Crippen LogP contribution in [0.1, 0.15) is 11.6 Å². The van der Waals surface area contributed by atoms with Crippen molar-refractivity contribution in [1.82, 2.24) is 10.2 Å². The predicted molar refractivity (Wildman–Crippen MR) is 92.4 cm³/mol. The van der Waals surface area contributed by atoms with E-state index < -0.39 is 11.9 Å². The number of ether oxygens (including phenoxy) is 2. The Morgan fingerprint density at radius 2 is 1.88 bits per heavy atom. The Morgan fingerprint density at radius 3 is 2.58 bits per heavy atom. The Kier molecular flexibility index (Phi) is 5.36. The van der Waals surface area contributed by atoms with Crippen molar-refractivity contribution in [1.29, 1.82) is 0 Å². The molecule has 2 aromatic rings. The maximum absolute atomic E-state index is 13.2. The summed E-state index contributed by atoms with van der Waals surface area (Å²) in [6.07, 6.45) is 0. The molecule has 26 heavy (non-hydrogen) atoms. The fraction of sp³-hybridized carbons (Fsp3) is 0.263. The van der Waals surface area contributed by atoms with Crippen LogP contribution in [0, 0.1) is 5.82 Å². The highest BCUT2D eigenvalue weighted by atomic mass is 19.1. The summed E-state index contributed by atoms with van der Waals surface area (Å²) in [4.78, 5) is 26.4. The van der Waals surface area contributed by atoms with Gasteiger partial charge in [-0.15, -0.1) is 0 Å². The molecular formula is C19H19FN2O4. The number of amides is 2. The first kappa shape index (κ1) is 17.7. The fourth-order valence-corrected chi connectivity index (χ4v) is 2.87. The molecule has 0 bridgehead atoms. The molecule has 1 fully saturated rings. The summed E-state index contributed by atoms with van der Waals surface area (Å²) in [6, 6.07) is 11.8. The van der Waals surface area contributed by atoms with E-state index in [-0.39, 0.29) is 18.4 Å². The molecule has 1 aliphatic heterocycles. The van der Waals surface area contributed by atoms with Crippen molar-refractivity contribution in [3.05, 3.63) is 59.9 Å². The van der Waals surface area contributed by atoms with Crippen LogP contribution in [0.3, 0.4) is 0 Å². The molecule has 1 aliphatic rings. The van der Waals surface area contributed by atoms with E-state index in [4.69, 9.17) is 9.47 Å². The molecule has 2 amide bonds. The summed E-state index contributed by atoms with van der Waals surface area (Å²) < 4.78 is 23.9. The fourth-order valence-electron chi connectivity index (χ4n) is 2.87. The molecule has 1 saturated heterocycles. The number of carbonyl (C=O) groups is 2. The lowest BCUT2D eigenvalue weighted by Crippen LogP contribution is -2.53. The Balaban J connectivity index is 1.75. The van der Waals surface area contributed by atoms with Gasteiger partial charge in [-0.1, -0.05) is 24.3 Å². The average Bonchev–Trinajstić information content (AvgIpc) is 2.67. The van der Waals surface area contributed by atoms with Crippen LogP contribution in [-0.4, -0.2) is 43.5 Å². The van der Waals surface area contributed by atoms with Gasteiger partial charge >= 0.3 is 0 Å². The third-order valence-corrected chi connectivity index (χ3v) is 4.14. The standard InChI is InChI=1S/C19H19FN2O4/c1-25-15-4-2-3-5-16(15)26-12-17(23)22-11-10-21-19(24)18(22)13-6-8-14(20)9-7-13/h2-9,18H,10-12H2,1H3,(H,21,24). The molecule has 136 valence electrons. The minimum absolute atomic E-state index is 0.231. The molecule has 2 aromatic carbocycles. The molecule has 6 nitrogen and oxygen atoms in total. The van der Waals surface area contributed by atoms with E-state index in [0.29, 0.717) is 30.2 Å². The molecule has 0 radical (unpaired) electrons. The first-order valence-electron chi connectivity index (χ1n) is 8.18. The quantitative estimate of drug-likeness (QED) is 0.887. The van der Waals surface area contributed by atoms with E-state index in [9.17, 15) is 14.0 Å². The summed E-state index contributed by atoms with van der Waals surface area (Å²) in [5.41, 5.74) is 0.550. The summed E-state index contributed by atoms with van der Waals surface area (Å²) >= 11 is 0. The normalized spacial score (nSPS) is 16.8. The Hall–Kier alpha value is -3.09. The number of hydrogen-bond donors (Lipinski definition) is 1. The van der Waals surface area contributed by atoms with Crippen LogP contribution >= 0.6 is 0 Å². The first-order chi connectivity index (χ1) is 12.6. The predicted octanol–water partition coefficient (Wildman–Crippen LogP) is 1.91. The molecule has 1 heterocycles. The average molecular weight is 358 g/mol. The van der Waals surface area contributed by atoms with Gasteiger partial charge < -0.3 is 19.7 Å². The molecule has 3 rings (SSSR count). The number of nitrogens with zero attached hydrogens (tertiary/aromatic N) is 1. The SMILES string of the molecule is COc1ccccc1OCC(=O)N1CCNC(=O)C1c1ccc(F)cc1. The van der Waals surface area contributed by atoms with Gasteiger partial charge in [0, 0.05) is 13.1 Å². The minimum Gasteiger partial charge on any atom is -0.493 e. The zero-order chi connectivity index (χ0) is 18.5. The smallest absolute Gasteiger partial charge is 0.261 e. The van der Waals surface area contributed by atoms with E-state index in [2.05, 4.69) is 5.32 Å².